The first kappa shape index (κ1) is 12.5. The standard InChI is InChI=1S/C16H17N3O/c1-19-15-5-3-2-4-14(15)18-16(19)17-11-10-12-6-8-13(20)9-7-12/h2-9,20H,10-11H2,1H3,(H,17,18). The van der Waals surface area contributed by atoms with Crippen LogP contribution in [0.4, 0.5) is 5.95 Å². The van der Waals surface area contributed by atoms with Crippen molar-refractivity contribution in [3.8, 4) is 5.75 Å². The third-order valence-corrected chi connectivity index (χ3v) is 3.42. The molecule has 0 radical (unpaired) electrons. The molecule has 0 spiro atoms. The van der Waals surface area contributed by atoms with E-state index in [1.54, 1.807) is 12.1 Å². The maximum Gasteiger partial charge on any atom is 0.203 e. The lowest BCUT2D eigenvalue weighted by Gasteiger charge is -2.06. The van der Waals surface area contributed by atoms with Crippen LogP contribution in [0.5, 0.6) is 5.75 Å². The lowest BCUT2D eigenvalue weighted by atomic mass is 10.1. The molecule has 3 rings (SSSR count). The first-order chi connectivity index (χ1) is 9.74. The number of phenolic OH excluding ortho intramolecular Hbond substituents is 1. The lowest BCUT2D eigenvalue weighted by molar-refractivity contribution is 0.475. The van der Waals surface area contributed by atoms with Crippen molar-refractivity contribution in [1.82, 2.24) is 9.55 Å². The quantitative estimate of drug-likeness (QED) is 0.764. The predicted molar refractivity (Wildman–Crippen MR) is 81.0 cm³/mol. The summed E-state index contributed by atoms with van der Waals surface area (Å²) in [4.78, 5) is 4.57. The summed E-state index contributed by atoms with van der Waals surface area (Å²) in [6.07, 6.45) is 0.892. The van der Waals surface area contributed by atoms with E-state index in [4.69, 9.17) is 0 Å². The first-order valence-corrected chi connectivity index (χ1v) is 6.67. The Labute approximate surface area is 117 Å². The summed E-state index contributed by atoms with van der Waals surface area (Å²) in [5, 5.41) is 12.6. The number of hydrogen-bond acceptors (Lipinski definition) is 3. The van der Waals surface area contributed by atoms with Gasteiger partial charge in [0.15, 0.2) is 0 Å². The number of aromatic nitrogens is 2. The summed E-state index contributed by atoms with van der Waals surface area (Å²) in [6, 6.07) is 15.4. The van der Waals surface area contributed by atoms with Crippen molar-refractivity contribution in [3.63, 3.8) is 0 Å². The number of benzene rings is 2. The highest BCUT2D eigenvalue weighted by atomic mass is 16.3. The van der Waals surface area contributed by atoms with Gasteiger partial charge in [-0.2, -0.15) is 0 Å². The molecule has 2 aromatic carbocycles. The third kappa shape index (κ3) is 2.45. The molecule has 1 aromatic heterocycles. The SMILES string of the molecule is Cn1c(NCCc2ccc(O)cc2)nc2ccccc21. The molecule has 0 fully saturated rings. The molecular formula is C16H17N3O. The van der Waals surface area contributed by atoms with Crippen molar-refractivity contribution in [2.24, 2.45) is 7.05 Å². The number of aryl methyl sites for hydroxylation is 1. The highest BCUT2D eigenvalue weighted by Gasteiger charge is 2.05. The van der Waals surface area contributed by atoms with Crippen molar-refractivity contribution in [2.75, 3.05) is 11.9 Å². The predicted octanol–water partition coefficient (Wildman–Crippen LogP) is 2.93. The molecule has 0 bridgehead atoms. The van der Waals surface area contributed by atoms with Gasteiger partial charge in [-0.05, 0) is 36.2 Å². The molecule has 0 aliphatic carbocycles. The van der Waals surface area contributed by atoms with Crippen LogP contribution in [0.1, 0.15) is 5.56 Å². The molecule has 0 saturated heterocycles. The number of hydrogen-bond donors (Lipinski definition) is 2. The van der Waals surface area contributed by atoms with Crippen LogP contribution >= 0.6 is 0 Å². The summed E-state index contributed by atoms with van der Waals surface area (Å²) >= 11 is 0. The average molecular weight is 267 g/mol. The van der Waals surface area contributed by atoms with Gasteiger partial charge in [0.2, 0.25) is 5.95 Å². The van der Waals surface area contributed by atoms with Crippen molar-refractivity contribution in [3.05, 3.63) is 54.1 Å². The lowest BCUT2D eigenvalue weighted by Crippen LogP contribution is -2.08. The largest absolute Gasteiger partial charge is 0.508 e. The second kappa shape index (κ2) is 5.25. The zero-order valence-corrected chi connectivity index (χ0v) is 11.4. The summed E-state index contributed by atoms with van der Waals surface area (Å²) < 4.78 is 2.06. The van der Waals surface area contributed by atoms with Crippen molar-refractivity contribution < 1.29 is 5.11 Å². The highest BCUT2D eigenvalue weighted by molar-refractivity contribution is 5.78. The van der Waals surface area contributed by atoms with E-state index in [0.717, 1.165) is 29.9 Å². The Hall–Kier alpha value is -2.49. The Morgan fingerprint density at radius 2 is 1.85 bits per heavy atom. The molecule has 0 aliphatic heterocycles. The van der Waals surface area contributed by atoms with Crippen molar-refractivity contribution in [1.29, 1.82) is 0 Å². The molecule has 0 atom stereocenters. The molecule has 0 aliphatic rings. The van der Waals surface area contributed by atoms with Gasteiger partial charge in [0.25, 0.3) is 0 Å². The van der Waals surface area contributed by atoms with Gasteiger partial charge in [-0.15, -0.1) is 0 Å². The molecule has 3 aromatic rings. The number of fused-ring (bicyclic) bond motifs is 1. The third-order valence-electron chi connectivity index (χ3n) is 3.42. The van der Waals surface area contributed by atoms with Crippen LogP contribution in [0.25, 0.3) is 11.0 Å². The Morgan fingerprint density at radius 3 is 2.60 bits per heavy atom. The first-order valence-electron chi connectivity index (χ1n) is 6.67. The molecule has 0 saturated carbocycles. The fourth-order valence-electron chi connectivity index (χ4n) is 2.28. The van der Waals surface area contributed by atoms with Gasteiger partial charge >= 0.3 is 0 Å². The molecule has 4 nitrogen and oxygen atoms in total. The minimum Gasteiger partial charge on any atom is -0.508 e. The number of phenols is 1. The maximum absolute atomic E-state index is 9.25. The second-order valence-corrected chi connectivity index (χ2v) is 4.83. The van der Waals surface area contributed by atoms with Gasteiger partial charge in [-0.3, -0.25) is 0 Å². The number of nitrogens with zero attached hydrogens (tertiary/aromatic N) is 2. The summed E-state index contributed by atoms with van der Waals surface area (Å²) in [5.41, 5.74) is 3.32. The van der Waals surface area contributed by atoms with E-state index in [1.165, 1.54) is 5.56 Å². The van der Waals surface area contributed by atoms with Gasteiger partial charge in [0.05, 0.1) is 11.0 Å². The summed E-state index contributed by atoms with van der Waals surface area (Å²) in [6.45, 7) is 0.807. The van der Waals surface area contributed by atoms with E-state index >= 15 is 0 Å². The Balaban J connectivity index is 1.68. The van der Waals surface area contributed by atoms with Crippen LogP contribution in [0.15, 0.2) is 48.5 Å². The average Bonchev–Trinajstić information content (AvgIpc) is 2.78. The molecule has 2 N–H and O–H groups in total. The van der Waals surface area contributed by atoms with E-state index < -0.39 is 0 Å². The summed E-state index contributed by atoms with van der Waals surface area (Å²) in [7, 11) is 2.01. The molecule has 0 unspecified atom stereocenters. The van der Waals surface area contributed by atoms with Crippen LogP contribution in [-0.2, 0) is 13.5 Å². The van der Waals surface area contributed by atoms with Crippen LogP contribution in [0.3, 0.4) is 0 Å². The smallest absolute Gasteiger partial charge is 0.203 e. The van der Waals surface area contributed by atoms with Crippen LogP contribution in [0.2, 0.25) is 0 Å². The zero-order chi connectivity index (χ0) is 13.9. The number of anilines is 1. The normalized spacial score (nSPS) is 10.8. The fraction of sp³-hybridized carbons (Fsp3) is 0.188. The van der Waals surface area contributed by atoms with Crippen LogP contribution < -0.4 is 5.32 Å². The van der Waals surface area contributed by atoms with Crippen molar-refractivity contribution >= 4 is 17.0 Å². The van der Waals surface area contributed by atoms with Crippen LogP contribution in [-0.4, -0.2) is 21.2 Å². The highest BCUT2D eigenvalue weighted by Crippen LogP contribution is 2.17. The molecule has 20 heavy (non-hydrogen) atoms. The van der Waals surface area contributed by atoms with Gasteiger partial charge < -0.3 is 15.0 Å². The van der Waals surface area contributed by atoms with Gasteiger partial charge in [0.1, 0.15) is 5.75 Å². The topological polar surface area (TPSA) is 50.1 Å². The maximum atomic E-state index is 9.25. The van der Waals surface area contributed by atoms with Gasteiger partial charge in [0, 0.05) is 13.6 Å². The van der Waals surface area contributed by atoms with Gasteiger partial charge in [-0.1, -0.05) is 24.3 Å². The molecule has 0 amide bonds. The minimum absolute atomic E-state index is 0.303. The van der Waals surface area contributed by atoms with E-state index in [0.29, 0.717) is 5.75 Å². The monoisotopic (exact) mass is 267 g/mol. The molecule has 1 heterocycles. The Kier molecular flexibility index (Phi) is 3.29. The number of rotatable bonds is 4. The molecular weight excluding hydrogens is 250 g/mol. The fourth-order valence-corrected chi connectivity index (χ4v) is 2.28. The number of imidazole rings is 1. The molecule has 102 valence electrons. The number of nitrogens with one attached hydrogen (secondary N) is 1. The number of para-hydroxylation sites is 2. The summed E-state index contributed by atoms with van der Waals surface area (Å²) in [5.74, 6) is 1.18. The van der Waals surface area contributed by atoms with E-state index in [9.17, 15) is 5.11 Å². The zero-order valence-electron chi connectivity index (χ0n) is 11.4. The van der Waals surface area contributed by atoms with Gasteiger partial charge in [-0.25, -0.2) is 4.98 Å². The Bertz CT molecular complexity index is 716. The van der Waals surface area contributed by atoms with E-state index in [1.807, 2.05) is 37.4 Å². The van der Waals surface area contributed by atoms with Crippen LogP contribution in [0, 0.1) is 0 Å². The van der Waals surface area contributed by atoms with E-state index in [-0.39, 0.29) is 0 Å². The Morgan fingerprint density at radius 1 is 1.10 bits per heavy atom. The van der Waals surface area contributed by atoms with Crippen molar-refractivity contribution in [2.45, 2.75) is 6.42 Å². The van der Waals surface area contributed by atoms with E-state index in [2.05, 4.69) is 20.9 Å². The molecule has 4 heteroatoms. The number of aromatic hydroxyl groups is 1. The second-order valence-electron chi connectivity index (χ2n) is 4.83. The minimum atomic E-state index is 0.303.